The summed E-state index contributed by atoms with van der Waals surface area (Å²) < 4.78 is 23.3. The first-order valence-electron chi connectivity index (χ1n) is 11.4. The van der Waals surface area contributed by atoms with Crippen molar-refractivity contribution in [3.05, 3.63) is 82.2 Å². The van der Waals surface area contributed by atoms with E-state index in [9.17, 15) is 9.59 Å². The molecule has 0 radical (unpaired) electrons. The van der Waals surface area contributed by atoms with Crippen molar-refractivity contribution in [1.82, 2.24) is 14.7 Å². The standard InChI is InChI=1S/C27H21N3O6/c1-33-18-12-11-17-21-23(15-7-3-4-8-16(15)24(21)31)30(27(32)22(17)25(18)34-2)13-5-10-20-28-26(29-36-20)19-9-6-14-35-19/h3-4,6-9,11-12,14H,5,10,13H2,1-2H3. The number of ketones is 1. The Kier molecular flexibility index (Phi) is 5.18. The monoisotopic (exact) mass is 483 g/mol. The quantitative estimate of drug-likeness (QED) is 0.326. The molecule has 0 unspecified atom stereocenters. The Morgan fingerprint density at radius 1 is 0.972 bits per heavy atom. The maximum absolute atomic E-state index is 13.9. The van der Waals surface area contributed by atoms with E-state index in [1.54, 1.807) is 41.2 Å². The molecule has 0 atom stereocenters. The van der Waals surface area contributed by atoms with Gasteiger partial charge < -0.3 is 23.0 Å². The zero-order valence-electron chi connectivity index (χ0n) is 19.6. The molecule has 3 heterocycles. The van der Waals surface area contributed by atoms with Crippen molar-refractivity contribution in [2.24, 2.45) is 0 Å². The van der Waals surface area contributed by atoms with Crippen LogP contribution < -0.4 is 15.0 Å². The van der Waals surface area contributed by atoms with Gasteiger partial charge in [0.25, 0.3) is 5.56 Å². The molecule has 0 amide bonds. The zero-order chi connectivity index (χ0) is 24.8. The fraction of sp³-hybridized carbons (Fsp3) is 0.185. The number of benzene rings is 2. The van der Waals surface area contributed by atoms with Crippen LogP contribution in [0.3, 0.4) is 0 Å². The van der Waals surface area contributed by atoms with Gasteiger partial charge in [0.1, 0.15) is 0 Å². The summed E-state index contributed by atoms with van der Waals surface area (Å²) in [5, 5.41) is 4.82. The fourth-order valence-electron chi connectivity index (χ4n) is 4.84. The summed E-state index contributed by atoms with van der Waals surface area (Å²) in [4.78, 5) is 31.8. The summed E-state index contributed by atoms with van der Waals surface area (Å²) >= 11 is 0. The summed E-state index contributed by atoms with van der Waals surface area (Å²) in [5.74, 6) is 1.93. The molecule has 9 nitrogen and oxygen atoms in total. The second kappa shape index (κ2) is 8.53. The van der Waals surface area contributed by atoms with Crippen molar-refractivity contribution in [2.45, 2.75) is 19.4 Å². The molecule has 6 rings (SSSR count). The highest BCUT2D eigenvalue weighted by Gasteiger charge is 2.33. The molecule has 9 heteroatoms. The van der Waals surface area contributed by atoms with Gasteiger partial charge in [-0.05, 0) is 30.7 Å². The van der Waals surface area contributed by atoms with E-state index in [1.807, 2.05) is 18.2 Å². The van der Waals surface area contributed by atoms with Gasteiger partial charge in [0.2, 0.25) is 11.7 Å². The highest BCUT2D eigenvalue weighted by atomic mass is 16.5. The van der Waals surface area contributed by atoms with Gasteiger partial charge in [-0.3, -0.25) is 9.59 Å². The number of carbonyl (C=O) groups is 1. The van der Waals surface area contributed by atoms with E-state index in [0.717, 1.165) is 5.56 Å². The number of methoxy groups -OCH3 is 2. The van der Waals surface area contributed by atoms with Gasteiger partial charge in [-0.1, -0.05) is 29.4 Å². The first-order valence-corrected chi connectivity index (χ1v) is 11.4. The number of pyridine rings is 1. The number of furan rings is 1. The van der Waals surface area contributed by atoms with Gasteiger partial charge in [0.15, 0.2) is 23.0 Å². The minimum Gasteiger partial charge on any atom is -0.493 e. The number of carbonyl (C=O) groups excluding carboxylic acids is 1. The lowest BCUT2D eigenvalue weighted by molar-refractivity contribution is 0.104. The molecule has 180 valence electrons. The maximum atomic E-state index is 13.9. The van der Waals surface area contributed by atoms with Crippen LogP contribution in [0.4, 0.5) is 0 Å². The Morgan fingerprint density at radius 3 is 2.56 bits per heavy atom. The number of ether oxygens (including phenoxy) is 2. The number of nitrogens with zero attached hydrogens (tertiary/aromatic N) is 3. The van der Waals surface area contributed by atoms with Crippen LogP contribution in [0.15, 0.2) is 68.5 Å². The van der Waals surface area contributed by atoms with E-state index in [0.29, 0.717) is 76.0 Å². The predicted octanol–water partition coefficient (Wildman–Crippen LogP) is 4.51. The van der Waals surface area contributed by atoms with Crippen LogP contribution in [-0.2, 0) is 13.0 Å². The van der Waals surface area contributed by atoms with Crippen LogP contribution in [0.5, 0.6) is 11.5 Å². The van der Waals surface area contributed by atoms with E-state index < -0.39 is 0 Å². The van der Waals surface area contributed by atoms with Gasteiger partial charge in [0.05, 0.1) is 37.1 Å². The Balaban J connectivity index is 1.45. The Morgan fingerprint density at radius 2 is 1.81 bits per heavy atom. The molecule has 5 aromatic rings. The molecule has 3 aromatic heterocycles. The van der Waals surface area contributed by atoms with E-state index in [-0.39, 0.29) is 11.3 Å². The average molecular weight is 483 g/mol. The fourth-order valence-corrected chi connectivity index (χ4v) is 4.84. The van der Waals surface area contributed by atoms with Crippen LogP contribution in [0.1, 0.15) is 28.2 Å². The molecular weight excluding hydrogens is 462 g/mol. The number of aromatic nitrogens is 3. The minimum absolute atomic E-state index is 0.119. The van der Waals surface area contributed by atoms with Crippen molar-refractivity contribution in [3.63, 3.8) is 0 Å². The highest BCUT2D eigenvalue weighted by molar-refractivity contribution is 6.27. The Hall–Kier alpha value is -4.66. The molecule has 2 aromatic carbocycles. The molecular formula is C27H21N3O6. The van der Waals surface area contributed by atoms with Gasteiger partial charge in [0, 0.05) is 29.5 Å². The van der Waals surface area contributed by atoms with Crippen molar-refractivity contribution in [3.8, 4) is 34.3 Å². The maximum Gasteiger partial charge on any atom is 0.262 e. The van der Waals surface area contributed by atoms with Crippen molar-refractivity contribution in [2.75, 3.05) is 14.2 Å². The van der Waals surface area contributed by atoms with Crippen molar-refractivity contribution in [1.29, 1.82) is 0 Å². The number of hydrogen-bond acceptors (Lipinski definition) is 8. The van der Waals surface area contributed by atoms with Crippen molar-refractivity contribution >= 4 is 16.6 Å². The van der Waals surface area contributed by atoms with Crippen LogP contribution in [0.2, 0.25) is 0 Å². The average Bonchev–Trinajstić information content (AvgIpc) is 3.65. The van der Waals surface area contributed by atoms with E-state index in [1.165, 1.54) is 14.2 Å². The van der Waals surface area contributed by atoms with Crippen molar-refractivity contribution < 1.29 is 23.2 Å². The third-order valence-electron chi connectivity index (χ3n) is 6.42. The molecule has 0 aliphatic heterocycles. The largest absolute Gasteiger partial charge is 0.493 e. The Bertz CT molecular complexity index is 1680. The molecule has 0 fully saturated rings. The smallest absolute Gasteiger partial charge is 0.262 e. The summed E-state index contributed by atoms with van der Waals surface area (Å²) in [7, 11) is 3.00. The zero-order valence-corrected chi connectivity index (χ0v) is 19.6. The summed E-state index contributed by atoms with van der Waals surface area (Å²) in [6.07, 6.45) is 2.51. The molecule has 0 N–H and O–H groups in total. The summed E-state index contributed by atoms with van der Waals surface area (Å²) in [6, 6.07) is 14.3. The lowest BCUT2D eigenvalue weighted by Crippen LogP contribution is -2.24. The highest BCUT2D eigenvalue weighted by Crippen LogP contribution is 2.43. The first-order chi connectivity index (χ1) is 17.6. The third-order valence-corrected chi connectivity index (χ3v) is 6.42. The first kappa shape index (κ1) is 21.8. The van der Waals surface area contributed by atoms with Crippen LogP contribution in [0.25, 0.3) is 33.6 Å². The summed E-state index contributed by atoms with van der Waals surface area (Å²) in [5.41, 5.74) is 2.16. The number of aryl methyl sites for hydroxylation is 1. The second-order valence-electron chi connectivity index (χ2n) is 8.37. The Labute approximate surface area is 204 Å². The number of rotatable bonds is 7. The molecule has 1 aliphatic rings. The molecule has 0 saturated carbocycles. The van der Waals surface area contributed by atoms with Crippen LogP contribution >= 0.6 is 0 Å². The number of fused-ring (bicyclic) bond motifs is 5. The lowest BCUT2D eigenvalue weighted by Gasteiger charge is -2.17. The minimum atomic E-state index is -0.259. The molecule has 0 saturated heterocycles. The van der Waals surface area contributed by atoms with Gasteiger partial charge in [-0.15, -0.1) is 0 Å². The third kappa shape index (κ3) is 3.24. The SMILES string of the molecule is COc1ccc2c3c(n(CCCc4nc(-c5ccco5)no4)c(=O)c2c1OC)-c1ccccc1C3=O. The second-order valence-corrected chi connectivity index (χ2v) is 8.37. The lowest BCUT2D eigenvalue weighted by atomic mass is 10.0. The number of hydrogen-bond donors (Lipinski definition) is 0. The van der Waals surface area contributed by atoms with E-state index in [2.05, 4.69) is 10.1 Å². The van der Waals surface area contributed by atoms with Gasteiger partial charge in [-0.2, -0.15) is 4.98 Å². The van der Waals surface area contributed by atoms with E-state index >= 15 is 0 Å². The molecule has 0 bridgehead atoms. The van der Waals surface area contributed by atoms with Gasteiger partial charge in [-0.25, -0.2) is 0 Å². The summed E-state index contributed by atoms with van der Waals surface area (Å²) in [6.45, 7) is 0.331. The predicted molar refractivity (Wildman–Crippen MR) is 131 cm³/mol. The normalized spacial score (nSPS) is 12.1. The molecule has 36 heavy (non-hydrogen) atoms. The van der Waals surface area contributed by atoms with E-state index in [4.69, 9.17) is 18.4 Å². The van der Waals surface area contributed by atoms with Crippen LogP contribution in [0, 0.1) is 0 Å². The van der Waals surface area contributed by atoms with Crippen LogP contribution in [-0.4, -0.2) is 34.7 Å². The topological polar surface area (TPSA) is 110 Å². The van der Waals surface area contributed by atoms with Gasteiger partial charge >= 0.3 is 0 Å². The molecule has 0 spiro atoms. The molecule has 1 aliphatic carbocycles.